The van der Waals surface area contributed by atoms with Crippen molar-refractivity contribution in [2.24, 2.45) is 5.92 Å². The number of halogens is 1. The Balaban J connectivity index is 2.30. The fraction of sp³-hybridized carbons (Fsp3) is 0.333. The molecule has 0 spiro atoms. The van der Waals surface area contributed by atoms with Gasteiger partial charge in [0, 0.05) is 18.9 Å². The van der Waals surface area contributed by atoms with Crippen LogP contribution in [0.3, 0.4) is 0 Å². The molecule has 0 N–H and O–H groups in total. The first-order chi connectivity index (χ1) is 7.60. The monoisotopic (exact) mass is 280 g/mol. The molecule has 2 heterocycles. The van der Waals surface area contributed by atoms with Gasteiger partial charge in [0.25, 0.3) is 0 Å². The van der Waals surface area contributed by atoms with Crippen molar-refractivity contribution in [3.8, 4) is 0 Å². The van der Waals surface area contributed by atoms with Crippen LogP contribution in [0.5, 0.6) is 0 Å². The van der Waals surface area contributed by atoms with Crippen molar-refractivity contribution in [2.75, 3.05) is 11.4 Å². The third-order valence-corrected chi connectivity index (χ3v) is 3.10. The summed E-state index contributed by atoms with van der Waals surface area (Å²) in [6, 6.07) is 3.85. The Bertz CT molecular complexity index is 424. The molecule has 16 heavy (non-hydrogen) atoms. The number of amides is 1. The molecule has 1 aliphatic heterocycles. The topological polar surface area (TPSA) is 33.2 Å². The second-order valence-corrected chi connectivity index (χ2v) is 4.84. The van der Waals surface area contributed by atoms with Gasteiger partial charge in [-0.15, -0.1) is 6.58 Å². The molecule has 1 unspecified atom stereocenters. The van der Waals surface area contributed by atoms with Crippen LogP contribution in [-0.4, -0.2) is 17.4 Å². The van der Waals surface area contributed by atoms with E-state index < -0.39 is 0 Å². The summed E-state index contributed by atoms with van der Waals surface area (Å²) in [7, 11) is 0. The minimum absolute atomic E-state index is 0.120. The highest BCUT2D eigenvalue weighted by Crippen LogP contribution is 2.26. The Kier molecular flexibility index (Phi) is 3.10. The van der Waals surface area contributed by atoms with Crippen molar-refractivity contribution in [1.29, 1.82) is 0 Å². The minimum Gasteiger partial charge on any atom is -0.296 e. The number of pyridine rings is 1. The summed E-state index contributed by atoms with van der Waals surface area (Å²) in [5.41, 5.74) is 1.09. The third-order valence-electron chi connectivity index (χ3n) is 2.69. The normalized spacial score (nSPS) is 20.2. The van der Waals surface area contributed by atoms with Gasteiger partial charge in [0.2, 0.25) is 5.91 Å². The van der Waals surface area contributed by atoms with Crippen LogP contribution >= 0.6 is 15.9 Å². The van der Waals surface area contributed by atoms with Gasteiger partial charge in [-0.2, -0.15) is 0 Å². The van der Waals surface area contributed by atoms with Gasteiger partial charge in [-0.1, -0.05) is 6.08 Å². The van der Waals surface area contributed by atoms with Crippen LogP contribution in [-0.2, 0) is 4.79 Å². The smallest absolute Gasteiger partial charge is 0.228 e. The van der Waals surface area contributed by atoms with Crippen molar-refractivity contribution >= 4 is 27.7 Å². The number of rotatable bonds is 2. The molecule has 1 atom stereocenters. The number of aromatic nitrogens is 1. The number of hydrogen-bond acceptors (Lipinski definition) is 2. The molecule has 84 valence electrons. The lowest BCUT2D eigenvalue weighted by molar-refractivity contribution is -0.117. The van der Waals surface area contributed by atoms with Crippen molar-refractivity contribution in [2.45, 2.75) is 13.3 Å². The first-order valence-corrected chi connectivity index (χ1v) is 5.96. The third kappa shape index (κ3) is 2.16. The van der Waals surface area contributed by atoms with E-state index in [0.29, 0.717) is 13.0 Å². The van der Waals surface area contributed by atoms with E-state index in [1.165, 1.54) is 0 Å². The van der Waals surface area contributed by atoms with E-state index in [1.54, 1.807) is 4.90 Å². The molecule has 1 aromatic heterocycles. The van der Waals surface area contributed by atoms with Crippen molar-refractivity contribution in [1.82, 2.24) is 4.98 Å². The molecule has 1 aliphatic rings. The molecule has 3 nitrogen and oxygen atoms in total. The molecule has 0 aliphatic carbocycles. The van der Waals surface area contributed by atoms with E-state index in [-0.39, 0.29) is 11.8 Å². The molecule has 0 aromatic carbocycles. The Morgan fingerprint density at radius 3 is 2.94 bits per heavy atom. The Labute approximate surface area is 103 Å². The zero-order valence-corrected chi connectivity index (χ0v) is 10.7. The summed E-state index contributed by atoms with van der Waals surface area (Å²) in [6.45, 7) is 6.41. The molecule has 1 fully saturated rings. The van der Waals surface area contributed by atoms with Gasteiger partial charge in [0.15, 0.2) is 0 Å². The van der Waals surface area contributed by atoms with Crippen LogP contribution in [0.25, 0.3) is 0 Å². The Morgan fingerprint density at radius 1 is 1.62 bits per heavy atom. The average Bonchev–Trinajstić information content (AvgIpc) is 2.58. The van der Waals surface area contributed by atoms with E-state index in [2.05, 4.69) is 27.5 Å². The fourth-order valence-corrected chi connectivity index (χ4v) is 2.40. The molecule has 0 radical (unpaired) electrons. The molecule has 0 bridgehead atoms. The lowest BCUT2D eigenvalue weighted by Crippen LogP contribution is -2.25. The number of nitrogens with zero attached hydrogens (tertiary/aromatic N) is 2. The number of carbonyl (C=O) groups excluding carboxylic acids is 1. The summed E-state index contributed by atoms with van der Waals surface area (Å²) in [5.74, 6) is 1.09. The van der Waals surface area contributed by atoms with Crippen LogP contribution in [0.4, 0.5) is 5.82 Å². The van der Waals surface area contributed by atoms with Gasteiger partial charge in [-0.25, -0.2) is 4.98 Å². The van der Waals surface area contributed by atoms with Crippen LogP contribution in [0, 0.1) is 12.8 Å². The zero-order chi connectivity index (χ0) is 11.7. The average molecular weight is 281 g/mol. The highest BCUT2D eigenvalue weighted by molar-refractivity contribution is 9.10. The maximum atomic E-state index is 11.8. The van der Waals surface area contributed by atoms with Crippen LogP contribution < -0.4 is 4.90 Å². The quantitative estimate of drug-likeness (QED) is 0.617. The summed E-state index contributed by atoms with van der Waals surface area (Å²) in [4.78, 5) is 17.8. The highest BCUT2D eigenvalue weighted by Gasteiger charge is 2.29. The molecular weight excluding hydrogens is 268 g/mol. The first-order valence-electron chi connectivity index (χ1n) is 5.17. The molecule has 1 amide bonds. The Morgan fingerprint density at radius 2 is 2.38 bits per heavy atom. The SMILES string of the molecule is C=CC1CC(=O)N(c2cc(C)cc(Br)n2)C1. The molecular formula is C12H13BrN2O. The second-order valence-electron chi connectivity index (χ2n) is 4.03. The van der Waals surface area contributed by atoms with Gasteiger partial charge in [0.1, 0.15) is 10.4 Å². The highest BCUT2D eigenvalue weighted by atomic mass is 79.9. The lowest BCUT2D eigenvalue weighted by atomic mass is 10.1. The van der Waals surface area contributed by atoms with E-state index in [4.69, 9.17) is 0 Å². The first kappa shape index (κ1) is 11.3. The molecule has 4 heteroatoms. The van der Waals surface area contributed by atoms with Crippen LogP contribution in [0.15, 0.2) is 29.4 Å². The van der Waals surface area contributed by atoms with E-state index >= 15 is 0 Å². The summed E-state index contributed by atoms with van der Waals surface area (Å²) < 4.78 is 0.761. The van der Waals surface area contributed by atoms with Gasteiger partial charge in [-0.05, 0) is 40.5 Å². The largest absolute Gasteiger partial charge is 0.296 e. The zero-order valence-electron chi connectivity index (χ0n) is 9.11. The second kappa shape index (κ2) is 4.37. The van der Waals surface area contributed by atoms with Gasteiger partial charge >= 0.3 is 0 Å². The van der Waals surface area contributed by atoms with Crippen molar-refractivity contribution in [3.05, 3.63) is 35.0 Å². The Hall–Kier alpha value is -1.16. The fourth-order valence-electron chi connectivity index (χ4n) is 1.86. The summed E-state index contributed by atoms with van der Waals surface area (Å²) in [5, 5.41) is 0. The van der Waals surface area contributed by atoms with Gasteiger partial charge in [-0.3, -0.25) is 9.69 Å². The number of hydrogen-bond donors (Lipinski definition) is 0. The standard InChI is InChI=1S/C12H13BrN2O/c1-3-9-6-12(16)15(7-9)11-5-8(2)4-10(13)14-11/h3-5,9H,1,6-7H2,2H3. The molecule has 2 rings (SSSR count). The maximum Gasteiger partial charge on any atom is 0.228 e. The number of aryl methyl sites for hydroxylation is 1. The van der Waals surface area contributed by atoms with Gasteiger partial charge in [0.05, 0.1) is 0 Å². The van der Waals surface area contributed by atoms with Crippen LogP contribution in [0.1, 0.15) is 12.0 Å². The van der Waals surface area contributed by atoms with E-state index in [0.717, 1.165) is 16.0 Å². The molecule has 1 aromatic rings. The van der Waals surface area contributed by atoms with Crippen molar-refractivity contribution < 1.29 is 4.79 Å². The van der Waals surface area contributed by atoms with Crippen molar-refractivity contribution in [3.63, 3.8) is 0 Å². The van der Waals surface area contributed by atoms with E-state index in [1.807, 2.05) is 25.1 Å². The molecule has 0 saturated carbocycles. The predicted octanol–water partition coefficient (Wildman–Crippen LogP) is 2.69. The predicted molar refractivity (Wildman–Crippen MR) is 67.3 cm³/mol. The maximum absolute atomic E-state index is 11.8. The minimum atomic E-state index is 0.120. The van der Waals surface area contributed by atoms with E-state index in [9.17, 15) is 4.79 Å². The van der Waals surface area contributed by atoms with Crippen LogP contribution in [0.2, 0.25) is 0 Å². The lowest BCUT2D eigenvalue weighted by Gasteiger charge is -2.15. The number of carbonyl (C=O) groups is 1. The summed E-state index contributed by atoms with van der Waals surface area (Å²) in [6.07, 6.45) is 2.37. The number of anilines is 1. The molecule has 1 saturated heterocycles. The van der Waals surface area contributed by atoms with Gasteiger partial charge < -0.3 is 0 Å². The summed E-state index contributed by atoms with van der Waals surface area (Å²) >= 11 is 3.34.